The first-order valence-corrected chi connectivity index (χ1v) is 12.9. The number of ether oxygens (including phenoxy) is 2. The topological polar surface area (TPSA) is 60.8 Å². The van der Waals surface area contributed by atoms with Crippen LogP contribution in [0.5, 0.6) is 5.75 Å². The highest BCUT2D eigenvalue weighted by Crippen LogP contribution is 2.28. The van der Waals surface area contributed by atoms with Gasteiger partial charge in [0.25, 0.3) is 11.5 Å². The molecule has 1 amide bonds. The van der Waals surface area contributed by atoms with E-state index in [0.29, 0.717) is 24.8 Å². The second-order valence-electron chi connectivity index (χ2n) is 10.1. The van der Waals surface area contributed by atoms with E-state index in [4.69, 9.17) is 9.47 Å². The molecule has 35 heavy (non-hydrogen) atoms. The van der Waals surface area contributed by atoms with Crippen LogP contribution in [0.4, 0.5) is 0 Å². The third kappa shape index (κ3) is 5.62. The molecular weight excluding hydrogens is 440 g/mol. The summed E-state index contributed by atoms with van der Waals surface area (Å²) in [7, 11) is 0. The molecule has 3 saturated heterocycles. The van der Waals surface area contributed by atoms with E-state index in [9.17, 15) is 9.59 Å². The largest absolute Gasteiger partial charge is 0.484 e. The molecular formula is C29H34N2O4. The number of rotatable bonds is 5. The molecule has 2 unspecified atom stereocenters. The standard InChI is InChI=1S/C29H34N2O4/c1-20-15-27(35-19-29(33)30-17-26-6-4-3-5-25(30)18-34-26)16-28(32)31(20)21(2)24-13-11-23(12-14-24)10-9-22-7-8-22/h11-16,21-22,25-26H,3-8,17-19H2,1-2H3/t21-,25?,26?/m1/s1. The molecule has 4 fully saturated rings. The first-order chi connectivity index (χ1) is 17.0. The first kappa shape index (κ1) is 23.7. The van der Waals surface area contributed by atoms with Gasteiger partial charge in [0.2, 0.25) is 0 Å². The average Bonchev–Trinajstić information content (AvgIpc) is 3.66. The summed E-state index contributed by atoms with van der Waals surface area (Å²) in [4.78, 5) is 27.9. The Kier molecular flexibility index (Phi) is 6.97. The number of hydrogen-bond donors (Lipinski definition) is 0. The van der Waals surface area contributed by atoms with Gasteiger partial charge in [-0.25, -0.2) is 0 Å². The molecule has 1 saturated carbocycles. The maximum atomic E-state index is 13.0. The molecule has 0 N–H and O–H groups in total. The zero-order valence-electron chi connectivity index (χ0n) is 20.7. The monoisotopic (exact) mass is 474 g/mol. The number of fused-ring (bicyclic) bond motifs is 5. The number of carbonyl (C=O) groups excluding carboxylic acids is 1. The third-order valence-corrected chi connectivity index (χ3v) is 7.37. The molecule has 6 nitrogen and oxygen atoms in total. The molecule has 4 heterocycles. The van der Waals surface area contributed by atoms with Crippen molar-refractivity contribution >= 4 is 5.91 Å². The van der Waals surface area contributed by atoms with Gasteiger partial charge < -0.3 is 18.9 Å². The third-order valence-electron chi connectivity index (χ3n) is 7.37. The van der Waals surface area contributed by atoms with Crippen molar-refractivity contribution in [1.82, 2.24) is 9.47 Å². The van der Waals surface area contributed by atoms with Gasteiger partial charge in [-0.1, -0.05) is 36.8 Å². The number of carbonyl (C=O) groups is 1. The molecule has 2 aromatic rings. The molecule has 3 atom stereocenters. The van der Waals surface area contributed by atoms with E-state index < -0.39 is 0 Å². The van der Waals surface area contributed by atoms with E-state index in [2.05, 4.69) is 11.8 Å². The van der Waals surface area contributed by atoms with E-state index in [1.807, 2.05) is 49.1 Å². The Morgan fingerprint density at radius 3 is 2.66 bits per heavy atom. The normalized spacial score (nSPS) is 22.5. The number of pyridine rings is 1. The maximum absolute atomic E-state index is 13.0. The quantitative estimate of drug-likeness (QED) is 0.613. The summed E-state index contributed by atoms with van der Waals surface area (Å²) in [5.41, 5.74) is 2.70. The Bertz CT molecular complexity index is 1180. The molecule has 2 bridgehead atoms. The summed E-state index contributed by atoms with van der Waals surface area (Å²) in [6.07, 6.45) is 6.82. The lowest BCUT2D eigenvalue weighted by molar-refractivity contribution is -0.149. The van der Waals surface area contributed by atoms with Crippen molar-refractivity contribution in [3.8, 4) is 17.6 Å². The molecule has 0 radical (unpaired) electrons. The highest BCUT2D eigenvalue weighted by atomic mass is 16.5. The van der Waals surface area contributed by atoms with Gasteiger partial charge in [0.1, 0.15) is 5.75 Å². The van der Waals surface area contributed by atoms with E-state index in [-0.39, 0.29) is 36.3 Å². The SMILES string of the molecule is Cc1cc(OCC(=O)N2CC3CCCCC2CO3)cc(=O)n1[C@H](C)c1ccc(C#CC2CC2)cc1. The van der Waals surface area contributed by atoms with E-state index >= 15 is 0 Å². The Labute approximate surface area is 207 Å². The molecule has 6 rings (SSSR count). The fraction of sp³-hybridized carbons (Fsp3) is 0.517. The number of aryl methyl sites for hydroxylation is 1. The molecule has 1 aliphatic carbocycles. The summed E-state index contributed by atoms with van der Waals surface area (Å²) in [6.45, 7) is 5.09. The van der Waals surface area contributed by atoms with E-state index in [0.717, 1.165) is 42.5 Å². The zero-order valence-corrected chi connectivity index (χ0v) is 20.7. The van der Waals surface area contributed by atoms with Gasteiger partial charge in [0.05, 0.1) is 24.8 Å². The van der Waals surface area contributed by atoms with Crippen LogP contribution >= 0.6 is 0 Å². The van der Waals surface area contributed by atoms with Crippen molar-refractivity contribution in [3.05, 3.63) is 63.6 Å². The fourth-order valence-electron chi connectivity index (χ4n) is 5.13. The molecule has 1 aromatic heterocycles. The molecule has 184 valence electrons. The minimum absolute atomic E-state index is 0.0368. The molecule has 1 aromatic carbocycles. The average molecular weight is 475 g/mol. The summed E-state index contributed by atoms with van der Waals surface area (Å²) in [5.74, 6) is 7.48. The predicted octanol–water partition coefficient (Wildman–Crippen LogP) is 4.08. The van der Waals surface area contributed by atoms with E-state index in [1.165, 1.54) is 18.9 Å². The Morgan fingerprint density at radius 2 is 1.91 bits per heavy atom. The van der Waals surface area contributed by atoms with Crippen LogP contribution in [0.2, 0.25) is 0 Å². The predicted molar refractivity (Wildman–Crippen MR) is 134 cm³/mol. The van der Waals surface area contributed by atoms with Gasteiger partial charge in [-0.2, -0.15) is 0 Å². The minimum Gasteiger partial charge on any atom is -0.484 e. The van der Waals surface area contributed by atoms with Crippen molar-refractivity contribution in [2.24, 2.45) is 5.92 Å². The summed E-state index contributed by atoms with van der Waals surface area (Å²) < 4.78 is 13.4. The summed E-state index contributed by atoms with van der Waals surface area (Å²) >= 11 is 0. The van der Waals surface area contributed by atoms with Crippen LogP contribution in [-0.4, -0.2) is 47.3 Å². The second kappa shape index (κ2) is 10.3. The number of amides is 1. The lowest BCUT2D eigenvalue weighted by Crippen LogP contribution is -2.54. The van der Waals surface area contributed by atoms with Crippen LogP contribution in [0.15, 0.2) is 41.2 Å². The molecule has 6 heteroatoms. The van der Waals surface area contributed by atoms with Gasteiger partial charge >= 0.3 is 0 Å². The van der Waals surface area contributed by atoms with Crippen molar-refractivity contribution in [2.75, 3.05) is 19.8 Å². The van der Waals surface area contributed by atoms with Crippen LogP contribution in [0.3, 0.4) is 0 Å². The smallest absolute Gasteiger partial charge is 0.260 e. The summed E-state index contributed by atoms with van der Waals surface area (Å²) in [6, 6.07) is 11.4. The highest BCUT2D eigenvalue weighted by molar-refractivity contribution is 5.78. The lowest BCUT2D eigenvalue weighted by Gasteiger charge is -2.41. The van der Waals surface area contributed by atoms with Gasteiger partial charge in [-0.3, -0.25) is 9.59 Å². The van der Waals surface area contributed by atoms with Gasteiger partial charge in [-0.15, -0.1) is 0 Å². The van der Waals surface area contributed by atoms with Crippen LogP contribution in [0, 0.1) is 24.7 Å². The van der Waals surface area contributed by atoms with Crippen molar-refractivity contribution < 1.29 is 14.3 Å². The maximum Gasteiger partial charge on any atom is 0.260 e. The van der Waals surface area contributed by atoms with Gasteiger partial charge in [-0.05, 0) is 63.3 Å². The molecule has 4 aliphatic rings. The molecule has 3 aliphatic heterocycles. The van der Waals surface area contributed by atoms with E-state index in [1.54, 1.807) is 4.57 Å². The fourth-order valence-corrected chi connectivity index (χ4v) is 5.13. The number of aromatic nitrogens is 1. The minimum atomic E-state index is -0.142. The molecule has 0 spiro atoms. The summed E-state index contributed by atoms with van der Waals surface area (Å²) in [5, 5.41) is 0. The highest BCUT2D eigenvalue weighted by Gasteiger charge is 2.33. The first-order valence-electron chi connectivity index (χ1n) is 12.9. The number of nitrogens with zero attached hydrogens (tertiary/aromatic N) is 2. The van der Waals surface area contributed by atoms with Gasteiger partial charge in [0, 0.05) is 29.8 Å². The number of benzene rings is 1. The number of morpholine rings is 1. The van der Waals surface area contributed by atoms with Crippen LogP contribution in [-0.2, 0) is 9.53 Å². The zero-order chi connectivity index (χ0) is 24.4. The van der Waals surface area contributed by atoms with Crippen molar-refractivity contribution in [1.29, 1.82) is 0 Å². The Morgan fingerprint density at radius 1 is 1.14 bits per heavy atom. The van der Waals surface area contributed by atoms with Crippen molar-refractivity contribution in [2.45, 2.75) is 70.6 Å². The van der Waals surface area contributed by atoms with Crippen LogP contribution < -0.4 is 10.3 Å². The Hall–Kier alpha value is -3.04. The number of hydrogen-bond acceptors (Lipinski definition) is 4. The van der Waals surface area contributed by atoms with Crippen LogP contribution in [0.25, 0.3) is 0 Å². The Balaban J connectivity index is 1.24. The van der Waals surface area contributed by atoms with Crippen LogP contribution in [0.1, 0.15) is 68.3 Å². The lowest BCUT2D eigenvalue weighted by atomic mass is 9.98. The van der Waals surface area contributed by atoms with Gasteiger partial charge in [0.15, 0.2) is 6.61 Å². The van der Waals surface area contributed by atoms with Crippen molar-refractivity contribution in [3.63, 3.8) is 0 Å². The second-order valence-corrected chi connectivity index (χ2v) is 10.1.